The van der Waals surface area contributed by atoms with E-state index in [4.69, 9.17) is 4.98 Å². The molecule has 29 heavy (non-hydrogen) atoms. The summed E-state index contributed by atoms with van der Waals surface area (Å²) < 4.78 is 2.13. The van der Waals surface area contributed by atoms with Gasteiger partial charge in [0, 0.05) is 62.3 Å². The number of rotatable bonds is 4. The zero-order chi connectivity index (χ0) is 19.6. The molecule has 0 unspecified atom stereocenters. The van der Waals surface area contributed by atoms with Crippen molar-refractivity contribution >= 4 is 22.7 Å². The third-order valence-corrected chi connectivity index (χ3v) is 6.43. The van der Waals surface area contributed by atoms with Crippen LogP contribution in [0.2, 0.25) is 0 Å². The molecule has 0 bridgehead atoms. The summed E-state index contributed by atoms with van der Waals surface area (Å²) in [5.74, 6) is 0. The molecule has 148 valence electrons. The van der Waals surface area contributed by atoms with Crippen LogP contribution in [0.25, 0.3) is 16.2 Å². The summed E-state index contributed by atoms with van der Waals surface area (Å²) in [6.45, 7) is 7.30. The summed E-state index contributed by atoms with van der Waals surface area (Å²) >= 11 is 1.74. The Morgan fingerprint density at radius 1 is 1.07 bits per heavy atom. The molecule has 1 aromatic carbocycles. The lowest BCUT2D eigenvalue weighted by Crippen LogP contribution is -2.31. The van der Waals surface area contributed by atoms with Gasteiger partial charge in [0.1, 0.15) is 5.01 Å². The first-order valence-corrected chi connectivity index (χ1v) is 11.0. The molecule has 6 heteroatoms. The van der Waals surface area contributed by atoms with Gasteiger partial charge >= 0.3 is 0 Å². The number of fused-ring (bicyclic) bond motifs is 1. The maximum atomic E-state index is 4.88. The second-order valence-corrected chi connectivity index (χ2v) is 8.55. The van der Waals surface area contributed by atoms with E-state index in [2.05, 4.69) is 68.0 Å². The van der Waals surface area contributed by atoms with E-state index in [1.54, 1.807) is 11.3 Å². The van der Waals surface area contributed by atoms with Gasteiger partial charge in [-0.05, 0) is 25.0 Å². The second-order valence-electron chi connectivity index (χ2n) is 7.69. The Balaban J connectivity index is 1.28. The molecular formula is C23H25N5S. The molecule has 4 aromatic rings. The van der Waals surface area contributed by atoms with Crippen molar-refractivity contribution in [3.8, 4) is 10.6 Å². The smallest absolute Gasteiger partial charge is 0.160 e. The summed E-state index contributed by atoms with van der Waals surface area (Å²) in [5, 5.41) is 3.32. The monoisotopic (exact) mass is 403 g/mol. The fraction of sp³-hybridized carbons (Fsp3) is 0.304. The third-order valence-electron chi connectivity index (χ3n) is 5.49. The van der Waals surface area contributed by atoms with Gasteiger partial charge in [-0.2, -0.15) is 0 Å². The maximum absolute atomic E-state index is 4.88. The average Bonchev–Trinajstić information content (AvgIpc) is 3.33. The Bertz CT molecular complexity index is 1100. The zero-order valence-electron chi connectivity index (χ0n) is 16.7. The number of anilines is 1. The Labute approximate surface area is 175 Å². The Morgan fingerprint density at radius 3 is 2.86 bits per heavy atom. The van der Waals surface area contributed by atoms with Gasteiger partial charge in [-0.1, -0.05) is 30.3 Å². The van der Waals surface area contributed by atoms with Crippen LogP contribution in [-0.4, -0.2) is 45.4 Å². The van der Waals surface area contributed by atoms with E-state index in [1.165, 1.54) is 22.5 Å². The van der Waals surface area contributed by atoms with Gasteiger partial charge in [-0.25, -0.2) is 9.97 Å². The molecule has 0 N–H and O–H groups in total. The van der Waals surface area contributed by atoms with Crippen molar-refractivity contribution in [3.05, 3.63) is 71.6 Å². The molecule has 0 atom stereocenters. The number of pyridine rings is 1. The second kappa shape index (κ2) is 7.97. The molecule has 4 heterocycles. The number of nitrogens with zero attached hydrogens (tertiary/aromatic N) is 5. The van der Waals surface area contributed by atoms with E-state index in [9.17, 15) is 0 Å². The number of imidazole rings is 1. The lowest BCUT2D eigenvalue weighted by molar-refractivity contribution is 0.282. The highest BCUT2D eigenvalue weighted by Gasteiger charge is 2.19. The highest BCUT2D eigenvalue weighted by Crippen LogP contribution is 2.26. The largest absolute Gasteiger partial charge is 0.367 e. The van der Waals surface area contributed by atoms with Gasteiger partial charge in [-0.3, -0.25) is 4.90 Å². The first-order chi connectivity index (χ1) is 14.3. The zero-order valence-corrected chi connectivity index (χ0v) is 17.5. The minimum atomic E-state index is 0.920. The van der Waals surface area contributed by atoms with E-state index in [0.29, 0.717) is 0 Å². The van der Waals surface area contributed by atoms with Crippen LogP contribution in [0.4, 0.5) is 5.69 Å². The fourth-order valence-electron chi connectivity index (χ4n) is 4.08. The van der Waals surface area contributed by atoms with E-state index in [0.717, 1.165) is 49.8 Å². The van der Waals surface area contributed by atoms with Gasteiger partial charge in [0.2, 0.25) is 0 Å². The van der Waals surface area contributed by atoms with E-state index in [-0.39, 0.29) is 0 Å². The summed E-state index contributed by atoms with van der Waals surface area (Å²) in [5.41, 5.74) is 5.94. The predicted molar refractivity (Wildman–Crippen MR) is 120 cm³/mol. The molecule has 3 aromatic heterocycles. The summed E-state index contributed by atoms with van der Waals surface area (Å²) in [4.78, 5) is 14.5. The predicted octanol–water partition coefficient (Wildman–Crippen LogP) is 4.48. The molecule has 1 fully saturated rings. The van der Waals surface area contributed by atoms with Crippen LogP contribution in [0.3, 0.4) is 0 Å². The Hall–Kier alpha value is -2.70. The van der Waals surface area contributed by atoms with Crippen molar-refractivity contribution in [1.29, 1.82) is 0 Å². The van der Waals surface area contributed by atoms with E-state index >= 15 is 0 Å². The Morgan fingerprint density at radius 2 is 1.97 bits per heavy atom. The van der Waals surface area contributed by atoms with Gasteiger partial charge in [0.05, 0.1) is 11.4 Å². The molecule has 0 saturated carbocycles. The van der Waals surface area contributed by atoms with E-state index in [1.807, 2.05) is 18.5 Å². The van der Waals surface area contributed by atoms with Crippen LogP contribution in [0.1, 0.15) is 17.7 Å². The van der Waals surface area contributed by atoms with Crippen LogP contribution < -0.4 is 4.90 Å². The van der Waals surface area contributed by atoms with Crippen molar-refractivity contribution in [2.75, 3.05) is 31.1 Å². The van der Waals surface area contributed by atoms with Crippen molar-refractivity contribution in [1.82, 2.24) is 19.3 Å². The molecule has 0 spiro atoms. The van der Waals surface area contributed by atoms with Gasteiger partial charge in [0.15, 0.2) is 5.65 Å². The number of aromatic nitrogens is 3. The topological polar surface area (TPSA) is 36.7 Å². The lowest BCUT2D eigenvalue weighted by atomic mass is 10.2. The third kappa shape index (κ3) is 3.91. The molecule has 0 amide bonds. The SMILES string of the molecule is Cc1cc(N2CCCN(Cc3csc(-c4ccccc4)n3)CC2)c2nccn2c1. The molecule has 5 rings (SSSR count). The minimum absolute atomic E-state index is 0.920. The van der Waals surface area contributed by atoms with Crippen LogP contribution in [-0.2, 0) is 6.54 Å². The van der Waals surface area contributed by atoms with Crippen molar-refractivity contribution < 1.29 is 0 Å². The molecule has 0 aliphatic carbocycles. The molecule has 1 aliphatic heterocycles. The standard InChI is InChI=1S/C23H25N5S/c1-18-14-21(22-24-8-11-28(22)15-18)27-10-5-9-26(12-13-27)16-20-17-29-23(25-20)19-6-3-2-4-7-19/h2-4,6-8,11,14-15,17H,5,9-10,12-13,16H2,1H3. The minimum Gasteiger partial charge on any atom is -0.367 e. The van der Waals surface area contributed by atoms with Crippen LogP contribution in [0.5, 0.6) is 0 Å². The summed E-state index contributed by atoms with van der Waals surface area (Å²) in [7, 11) is 0. The molecular weight excluding hydrogens is 378 g/mol. The van der Waals surface area contributed by atoms with Crippen LogP contribution >= 0.6 is 11.3 Å². The molecule has 1 saturated heterocycles. The highest BCUT2D eigenvalue weighted by atomic mass is 32.1. The lowest BCUT2D eigenvalue weighted by Gasteiger charge is -2.24. The number of thiazole rings is 1. The van der Waals surface area contributed by atoms with Crippen molar-refractivity contribution in [2.45, 2.75) is 19.9 Å². The molecule has 0 radical (unpaired) electrons. The van der Waals surface area contributed by atoms with Gasteiger partial charge < -0.3 is 9.30 Å². The fourth-order valence-corrected chi connectivity index (χ4v) is 4.89. The van der Waals surface area contributed by atoms with Crippen LogP contribution in [0.15, 0.2) is 60.4 Å². The van der Waals surface area contributed by atoms with E-state index < -0.39 is 0 Å². The maximum Gasteiger partial charge on any atom is 0.160 e. The first kappa shape index (κ1) is 18.3. The quantitative estimate of drug-likeness (QED) is 0.503. The number of hydrogen-bond donors (Lipinski definition) is 0. The summed E-state index contributed by atoms with van der Waals surface area (Å²) in [6.07, 6.45) is 7.20. The first-order valence-electron chi connectivity index (χ1n) is 10.2. The number of hydrogen-bond acceptors (Lipinski definition) is 5. The molecule has 5 nitrogen and oxygen atoms in total. The van der Waals surface area contributed by atoms with Crippen molar-refractivity contribution in [3.63, 3.8) is 0 Å². The molecule has 1 aliphatic rings. The average molecular weight is 404 g/mol. The number of aryl methyl sites for hydroxylation is 1. The summed E-state index contributed by atoms with van der Waals surface area (Å²) in [6, 6.07) is 12.7. The van der Waals surface area contributed by atoms with Crippen LogP contribution in [0, 0.1) is 6.92 Å². The van der Waals surface area contributed by atoms with Gasteiger partial charge in [0.25, 0.3) is 0 Å². The highest BCUT2D eigenvalue weighted by molar-refractivity contribution is 7.13. The van der Waals surface area contributed by atoms with Crippen molar-refractivity contribution in [2.24, 2.45) is 0 Å². The normalized spacial score (nSPS) is 15.7. The van der Waals surface area contributed by atoms with Gasteiger partial charge in [-0.15, -0.1) is 11.3 Å². The Kier molecular flexibility index (Phi) is 5.04. The number of benzene rings is 1.